The molecule has 2 aromatic carbocycles. The maximum absolute atomic E-state index is 13.8. The molecule has 0 saturated heterocycles. The molecule has 2 aromatic rings. The van der Waals surface area contributed by atoms with Crippen molar-refractivity contribution >= 4 is 0 Å². The Balaban J connectivity index is 2.06. The molecule has 24 heavy (non-hydrogen) atoms. The van der Waals surface area contributed by atoms with Gasteiger partial charge in [0.05, 0.1) is 13.2 Å². The summed E-state index contributed by atoms with van der Waals surface area (Å²) in [5.41, 5.74) is 1.43. The van der Waals surface area contributed by atoms with Gasteiger partial charge in [-0.1, -0.05) is 12.1 Å². The molecule has 5 heteroatoms. The molecule has 0 aliphatic carbocycles. The second-order valence-corrected chi connectivity index (χ2v) is 5.42. The molecule has 0 radical (unpaired) electrons. The highest BCUT2D eigenvalue weighted by atomic mass is 19.1. The lowest BCUT2D eigenvalue weighted by molar-refractivity contribution is 0.287. The molecule has 0 spiro atoms. The van der Waals surface area contributed by atoms with Crippen LogP contribution in [0.5, 0.6) is 11.5 Å². The summed E-state index contributed by atoms with van der Waals surface area (Å²) in [6, 6.07) is 9.11. The van der Waals surface area contributed by atoms with Crippen molar-refractivity contribution in [3.05, 3.63) is 59.2 Å². The average molecular weight is 335 g/mol. The van der Waals surface area contributed by atoms with E-state index in [0.29, 0.717) is 36.8 Å². The third kappa shape index (κ3) is 4.68. The van der Waals surface area contributed by atoms with Crippen molar-refractivity contribution in [2.24, 2.45) is 0 Å². The summed E-state index contributed by atoms with van der Waals surface area (Å²) >= 11 is 0. The fourth-order valence-corrected chi connectivity index (χ4v) is 2.44. The summed E-state index contributed by atoms with van der Waals surface area (Å²) in [6.07, 6.45) is 0. The van der Waals surface area contributed by atoms with Gasteiger partial charge in [-0.15, -0.1) is 0 Å². The molecule has 0 amide bonds. The lowest BCUT2D eigenvalue weighted by Crippen LogP contribution is -2.19. The highest BCUT2D eigenvalue weighted by molar-refractivity contribution is 5.43. The molecular formula is C19H23F2NO2. The molecule has 1 unspecified atom stereocenters. The Kier molecular flexibility index (Phi) is 6.55. The molecule has 0 saturated carbocycles. The molecule has 0 heterocycles. The van der Waals surface area contributed by atoms with E-state index >= 15 is 0 Å². The fraction of sp³-hybridized carbons (Fsp3) is 0.368. The molecule has 1 atom stereocenters. The predicted octanol–water partition coefficient (Wildman–Crippen LogP) is 4.61. The standard InChI is InChI=1S/C19H23F2NO2/c1-4-23-18-9-6-14(10-19(18)24-5-2)12-22-13(3)16-8-7-15(20)11-17(16)21/h6-11,13,22H,4-5,12H2,1-3H3. The minimum Gasteiger partial charge on any atom is -0.490 e. The average Bonchev–Trinajstić information content (AvgIpc) is 2.55. The van der Waals surface area contributed by atoms with Crippen LogP contribution in [0.25, 0.3) is 0 Å². The van der Waals surface area contributed by atoms with Crippen LogP contribution in [0, 0.1) is 11.6 Å². The Labute approximate surface area is 141 Å². The third-order valence-corrected chi connectivity index (χ3v) is 3.65. The zero-order chi connectivity index (χ0) is 17.5. The van der Waals surface area contributed by atoms with Gasteiger partial charge in [-0.3, -0.25) is 0 Å². The molecule has 2 rings (SSSR count). The third-order valence-electron chi connectivity index (χ3n) is 3.65. The summed E-state index contributed by atoms with van der Waals surface area (Å²) in [4.78, 5) is 0. The molecule has 1 N–H and O–H groups in total. The first-order chi connectivity index (χ1) is 11.5. The topological polar surface area (TPSA) is 30.5 Å². The van der Waals surface area contributed by atoms with Crippen LogP contribution >= 0.6 is 0 Å². The van der Waals surface area contributed by atoms with E-state index in [0.717, 1.165) is 11.6 Å². The first kappa shape index (κ1) is 18.2. The number of benzene rings is 2. The van der Waals surface area contributed by atoms with Gasteiger partial charge in [0.2, 0.25) is 0 Å². The highest BCUT2D eigenvalue weighted by Crippen LogP contribution is 2.29. The highest BCUT2D eigenvalue weighted by Gasteiger charge is 2.12. The number of rotatable bonds is 8. The lowest BCUT2D eigenvalue weighted by Gasteiger charge is -2.16. The summed E-state index contributed by atoms with van der Waals surface area (Å²) in [5.74, 6) is 0.285. The Bertz CT molecular complexity index is 676. The summed E-state index contributed by atoms with van der Waals surface area (Å²) in [6.45, 7) is 7.33. The maximum atomic E-state index is 13.8. The fourth-order valence-electron chi connectivity index (χ4n) is 2.44. The van der Waals surface area contributed by atoms with Crippen LogP contribution < -0.4 is 14.8 Å². The predicted molar refractivity (Wildman–Crippen MR) is 90.4 cm³/mol. The number of hydrogen-bond donors (Lipinski definition) is 1. The smallest absolute Gasteiger partial charge is 0.161 e. The molecule has 130 valence electrons. The van der Waals surface area contributed by atoms with E-state index in [9.17, 15) is 8.78 Å². The molecule has 3 nitrogen and oxygen atoms in total. The minimum atomic E-state index is -0.573. The van der Waals surface area contributed by atoms with Gasteiger partial charge in [0.1, 0.15) is 11.6 Å². The van der Waals surface area contributed by atoms with Crippen molar-refractivity contribution in [1.29, 1.82) is 0 Å². The molecular weight excluding hydrogens is 312 g/mol. The Morgan fingerprint density at radius 1 is 0.958 bits per heavy atom. The quantitative estimate of drug-likeness (QED) is 0.764. The van der Waals surface area contributed by atoms with Crippen molar-refractivity contribution in [2.45, 2.75) is 33.4 Å². The van der Waals surface area contributed by atoms with Gasteiger partial charge < -0.3 is 14.8 Å². The number of nitrogens with one attached hydrogen (secondary N) is 1. The van der Waals surface area contributed by atoms with Crippen molar-refractivity contribution in [3.8, 4) is 11.5 Å². The van der Waals surface area contributed by atoms with Gasteiger partial charge in [-0.25, -0.2) is 8.78 Å². The normalized spacial score (nSPS) is 12.0. The number of hydrogen-bond acceptors (Lipinski definition) is 3. The van der Waals surface area contributed by atoms with E-state index in [-0.39, 0.29) is 6.04 Å². The van der Waals surface area contributed by atoms with Crippen LogP contribution in [0.2, 0.25) is 0 Å². The summed E-state index contributed by atoms with van der Waals surface area (Å²) in [7, 11) is 0. The first-order valence-corrected chi connectivity index (χ1v) is 8.12. The van der Waals surface area contributed by atoms with Crippen molar-refractivity contribution in [2.75, 3.05) is 13.2 Å². The molecule has 0 aliphatic rings. The van der Waals surface area contributed by atoms with Crippen molar-refractivity contribution in [3.63, 3.8) is 0 Å². The van der Waals surface area contributed by atoms with E-state index in [2.05, 4.69) is 5.32 Å². The van der Waals surface area contributed by atoms with Gasteiger partial charge in [0.25, 0.3) is 0 Å². The number of halogens is 2. The van der Waals surface area contributed by atoms with Crippen LogP contribution in [-0.4, -0.2) is 13.2 Å². The van der Waals surface area contributed by atoms with Crippen molar-refractivity contribution < 1.29 is 18.3 Å². The molecule has 0 bridgehead atoms. The molecule has 0 fully saturated rings. The zero-order valence-corrected chi connectivity index (χ0v) is 14.2. The minimum absolute atomic E-state index is 0.243. The Hall–Kier alpha value is -2.14. The SMILES string of the molecule is CCOc1ccc(CNC(C)c2ccc(F)cc2F)cc1OCC. The van der Waals surface area contributed by atoms with Crippen LogP contribution in [0.4, 0.5) is 8.78 Å². The molecule has 0 aromatic heterocycles. The zero-order valence-electron chi connectivity index (χ0n) is 14.2. The van der Waals surface area contributed by atoms with Gasteiger partial charge in [-0.05, 0) is 44.5 Å². The van der Waals surface area contributed by atoms with Crippen LogP contribution in [-0.2, 0) is 6.54 Å². The Morgan fingerprint density at radius 2 is 1.67 bits per heavy atom. The van der Waals surface area contributed by atoms with E-state index in [1.165, 1.54) is 12.1 Å². The first-order valence-electron chi connectivity index (χ1n) is 8.12. The van der Waals surface area contributed by atoms with E-state index in [1.807, 2.05) is 39.0 Å². The van der Waals surface area contributed by atoms with Gasteiger partial charge in [-0.2, -0.15) is 0 Å². The summed E-state index contributed by atoms with van der Waals surface area (Å²) < 4.78 is 37.9. The van der Waals surface area contributed by atoms with Crippen LogP contribution in [0.3, 0.4) is 0 Å². The largest absolute Gasteiger partial charge is 0.490 e. The monoisotopic (exact) mass is 335 g/mol. The van der Waals surface area contributed by atoms with Crippen molar-refractivity contribution in [1.82, 2.24) is 5.32 Å². The van der Waals surface area contributed by atoms with Crippen LogP contribution in [0.1, 0.15) is 37.9 Å². The second kappa shape index (κ2) is 8.64. The molecule has 0 aliphatic heterocycles. The maximum Gasteiger partial charge on any atom is 0.161 e. The number of ether oxygens (including phenoxy) is 2. The van der Waals surface area contributed by atoms with E-state index in [1.54, 1.807) is 0 Å². The van der Waals surface area contributed by atoms with Gasteiger partial charge >= 0.3 is 0 Å². The Morgan fingerprint density at radius 3 is 2.33 bits per heavy atom. The summed E-state index contributed by atoms with van der Waals surface area (Å²) in [5, 5.41) is 3.24. The van der Waals surface area contributed by atoms with Crippen LogP contribution in [0.15, 0.2) is 36.4 Å². The lowest BCUT2D eigenvalue weighted by atomic mass is 10.1. The van der Waals surface area contributed by atoms with E-state index < -0.39 is 11.6 Å². The van der Waals surface area contributed by atoms with Gasteiger partial charge in [0.15, 0.2) is 11.5 Å². The van der Waals surface area contributed by atoms with Gasteiger partial charge in [0, 0.05) is 24.2 Å². The second-order valence-electron chi connectivity index (χ2n) is 5.42. The van der Waals surface area contributed by atoms with E-state index in [4.69, 9.17) is 9.47 Å².